The highest BCUT2D eigenvalue weighted by molar-refractivity contribution is 7.99. The normalized spacial score (nSPS) is 14.0. The van der Waals surface area contributed by atoms with E-state index in [0.717, 1.165) is 17.3 Å². The average Bonchev–Trinajstić information content (AvgIpc) is 2.58. The van der Waals surface area contributed by atoms with Crippen LogP contribution in [0.1, 0.15) is 18.5 Å². The lowest BCUT2D eigenvalue weighted by molar-refractivity contribution is -0.119. The number of nitrogens with zero attached hydrogens (tertiary/aromatic N) is 3. The van der Waals surface area contributed by atoms with Crippen LogP contribution < -0.4 is 26.3 Å². The Kier molecular flexibility index (Phi) is 5.08. The van der Waals surface area contributed by atoms with Crippen LogP contribution >= 0.6 is 11.8 Å². The number of nitrogens with two attached hydrogens (primary N) is 2. The number of thioether (sulfide) groups is 1. The van der Waals surface area contributed by atoms with E-state index in [1.165, 1.54) is 0 Å². The van der Waals surface area contributed by atoms with E-state index in [-0.39, 0.29) is 29.6 Å². The number of carbonyl (C=O) groups excluding carboxylic acids is 1. The standard InChI is InChI=1S/C15H18N6O3S/c1-8(9-2-3-10-11(6-9)24-5-4-23-10)18-12(22)7-25-15-20-13(16)19-14(17)21-15/h2-3,6,8H,4-5,7H2,1H3,(H,18,22)(H4,16,17,19,20,21)/t8-/m0/s1. The predicted octanol–water partition coefficient (Wildman–Crippen LogP) is 0.777. The number of fused-ring (bicyclic) bond motifs is 1. The molecule has 132 valence electrons. The number of amides is 1. The van der Waals surface area contributed by atoms with Gasteiger partial charge in [0.2, 0.25) is 17.8 Å². The molecular formula is C15H18N6O3S. The Morgan fingerprint density at radius 3 is 2.60 bits per heavy atom. The van der Waals surface area contributed by atoms with Crippen molar-refractivity contribution in [2.45, 2.75) is 18.1 Å². The molecule has 0 saturated carbocycles. The van der Waals surface area contributed by atoms with E-state index in [0.29, 0.717) is 29.9 Å². The topological polar surface area (TPSA) is 138 Å². The van der Waals surface area contributed by atoms with E-state index >= 15 is 0 Å². The number of ether oxygens (including phenoxy) is 2. The second kappa shape index (κ2) is 7.43. The van der Waals surface area contributed by atoms with Crippen molar-refractivity contribution in [2.24, 2.45) is 0 Å². The van der Waals surface area contributed by atoms with Gasteiger partial charge in [0.15, 0.2) is 16.7 Å². The number of nitrogens with one attached hydrogen (secondary N) is 1. The van der Waals surface area contributed by atoms with Crippen LogP contribution in [0, 0.1) is 0 Å². The molecular weight excluding hydrogens is 344 g/mol. The fourth-order valence-corrected chi connectivity index (χ4v) is 2.94. The Bertz CT molecular complexity index is 768. The zero-order valence-corrected chi connectivity index (χ0v) is 14.4. The number of nitrogen functional groups attached to an aromatic ring is 2. The van der Waals surface area contributed by atoms with Crippen molar-refractivity contribution in [3.63, 3.8) is 0 Å². The fourth-order valence-electron chi connectivity index (χ4n) is 2.28. The molecule has 0 aliphatic carbocycles. The van der Waals surface area contributed by atoms with Gasteiger partial charge in [-0.05, 0) is 24.6 Å². The zero-order valence-electron chi connectivity index (χ0n) is 13.6. The van der Waals surface area contributed by atoms with Crippen LogP contribution in [0.15, 0.2) is 23.4 Å². The molecule has 1 amide bonds. The summed E-state index contributed by atoms with van der Waals surface area (Å²) in [7, 11) is 0. The van der Waals surface area contributed by atoms with E-state index < -0.39 is 0 Å². The molecule has 0 unspecified atom stereocenters. The number of hydrogen-bond acceptors (Lipinski definition) is 9. The van der Waals surface area contributed by atoms with Crippen LogP contribution in [0.3, 0.4) is 0 Å². The van der Waals surface area contributed by atoms with E-state index in [2.05, 4.69) is 20.3 Å². The van der Waals surface area contributed by atoms with Crippen LogP contribution in [-0.4, -0.2) is 39.8 Å². The third-order valence-electron chi connectivity index (χ3n) is 3.43. The number of anilines is 2. The number of hydrogen-bond donors (Lipinski definition) is 3. The molecule has 10 heteroatoms. The summed E-state index contributed by atoms with van der Waals surface area (Å²) in [6.07, 6.45) is 0. The molecule has 1 aromatic carbocycles. The Labute approximate surface area is 148 Å². The van der Waals surface area contributed by atoms with E-state index in [1.807, 2.05) is 25.1 Å². The van der Waals surface area contributed by atoms with Crippen LogP contribution in [0.25, 0.3) is 0 Å². The summed E-state index contributed by atoms with van der Waals surface area (Å²) in [6.45, 7) is 2.96. The van der Waals surface area contributed by atoms with Gasteiger partial charge in [-0.1, -0.05) is 17.8 Å². The molecule has 0 radical (unpaired) electrons. The quantitative estimate of drug-likeness (QED) is 0.658. The summed E-state index contributed by atoms with van der Waals surface area (Å²) in [4.78, 5) is 23.7. The van der Waals surface area contributed by atoms with E-state index in [4.69, 9.17) is 20.9 Å². The molecule has 3 rings (SSSR count). The maximum absolute atomic E-state index is 12.1. The molecule has 5 N–H and O–H groups in total. The van der Waals surface area contributed by atoms with Crippen molar-refractivity contribution in [3.05, 3.63) is 23.8 Å². The zero-order chi connectivity index (χ0) is 17.8. The molecule has 0 bridgehead atoms. The molecule has 1 aliphatic heterocycles. The summed E-state index contributed by atoms with van der Waals surface area (Å²) in [5, 5.41) is 3.22. The Balaban J connectivity index is 1.57. The first kappa shape index (κ1) is 17.1. The minimum absolute atomic E-state index is 0.0278. The third-order valence-corrected chi connectivity index (χ3v) is 4.27. The van der Waals surface area contributed by atoms with Crippen molar-refractivity contribution in [2.75, 3.05) is 30.4 Å². The van der Waals surface area contributed by atoms with Crippen molar-refractivity contribution < 1.29 is 14.3 Å². The highest BCUT2D eigenvalue weighted by atomic mass is 32.2. The second-order valence-electron chi connectivity index (χ2n) is 5.32. The minimum Gasteiger partial charge on any atom is -0.486 e. The van der Waals surface area contributed by atoms with Gasteiger partial charge in [-0.15, -0.1) is 0 Å². The van der Waals surface area contributed by atoms with Crippen molar-refractivity contribution in [3.8, 4) is 11.5 Å². The van der Waals surface area contributed by atoms with E-state index in [1.54, 1.807) is 0 Å². The summed E-state index contributed by atoms with van der Waals surface area (Å²) >= 11 is 1.14. The second-order valence-corrected chi connectivity index (χ2v) is 6.26. The summed E-state index contributed by atoms with van der Waals surface area (Å²) in [6, 6.07) is 5.44. The van der Waals surface area contributed by atoms with Crippen molar-refractivity contribution in [1.82, 2.24) is 20.3 Å². The number of benzene rings is 1. The summed E-state index contributed by atoms with van der Waals surface area (Å²) in [5.74, 6) is 1.44. The number of rotatable bonds is 5. The first-order chi connectivity index (χ1) is 12.0. The molecule has 2 aromatic rings. The van der Waals surface area contributed by atoms with Crippen molar-refractivity contribution in [1.29, 1.82) is 0 Å². The maximum atomic E-state index is 12.1. The van der Waals surface area contributed by atoms with Gasteiger partial charge in [-0.3, -0.25) is 4.79 Å². The van der Waals surface area contributed by atoms with Gasteiger partial charge in [0, 0.05) is 0 Å². The van der Waals surface area contributed by atoms with Crippen LogP contribution in [-0.2, 0) is 4.79 Å². The van der Waals surface area contributed by atoms with Gasteiger partial charge >= 0.3 is 0 Å². The lowest BCUT2D eigenvalue weighted by Gasteiger charge is -2.21. The SMILES string of the molecule is C[C@H](NC(=O)CSc1nc(N)nc(N)n1)c1ccc2c(c1)OCCO2. The molecule has 1 aromatic heterocycles. The monoisotopic (exact) mass is 362 g/mol. The average molecular weight is 362 g/mol. The van der Waals surface area contributed by atoms with Crippen molar-refractivity contribution >= 4 is 29.6 Å². The molecule has 1 aliphatic rings. The first-order valence-corrected chi connectivity index (χ1v) is 8.58. The van der Waals surface area contributed by atoms with Gasteiger partial charge in [-0.2, -0.15) is 15.0 Å². The lowest BCUT2D eigenvalue weighted by atomic mass is 10.1. The van der Waals surface area contributed by atoms with E-state index in [9.17, 15) is 4.79 Å². The van der Waals surface area contributed by atoms with Gasteiger partial charge in [-0.25, -0.2) is 0 Å². The minimum atomic E-state index is -0.183. The van der Waals surface area contributed by atoms with Crippen LogP contribution in [0.2, 0.25) is 0 Å². The largest absolute Gasteiger partial charge is 0.486 e. The lowest BCUT2D eigenvalue weighted by Crippen LogP contribution is -2.28. The van der Waals surface area contributed by atoms with Gasteiger partial charge < -0.3 is 26.3 Å². The highest BCUT2D eigenvalue weighted by Crippen LogP contribution is 2.32. The number of carbonyl (C=O) groups is 1. The first-order valence-electron chi connectivity index (χ1n) is 7.60. The highest BCUT2D eigenvalue weighted by Gasteiger charge is 2.16. The molecule has 9 nitrogen and oxygen atoms in total. The Morgan fingerprint density at radius 2 is 1.88 bits per heavy atom. The maximum Gasteiger partial charge on any atom is 0.230 e. The molecule has 0 saturated heterocycles. The van der Waals surface area contributed by atoms with Gasteiger partial charge in [0.05, 0.1) is 11.8 Å². The summed E-state index contributed by atoms with van der Waals surface area (Å²) < 4.78 is 11.1. The third kappa shape index (κ3) is 4.41. The van der Waals surface area contributed by atoms with Gasteiger partial charge in [0.25, 0.3) is 0 Å². The molecule has 0 spiro atoms. The van der Waals surface area contributed by atoms with Crippen LogP contribution in [0.4, 0.5) is 11.9 Å². The molecule has 2 heterocycles. The smallest absolute Gasteiger partial charge is 0.230 e. The Morgan fingerprint density at radius 1 is 1.20 bits per heavy atom. The fraction of sp³-hybridized carbons (Fsp3) is 0.333. The van der Waals surface area contributed by atoms with Crippen LogP contribution in [0.5, 0.6) is 11.5 Å². The predicted molar refractivity (Wildman–Crippen MR) is 93.4 cm³/mol. The molecule has 25 heavy (non-hydrogen) atoms. The van der Waals surface area contributed by atoms with Gasteiger partial charge in [0.1, 0.15) is 13.2 Å². The molecule has 1 atom stereocenters. The molecule has 0 fully saturated rings. The Hall–Kier alpha value is -2.75. The summed E-state index contributed by atoms with van der Waals surface area (Å²) in [5.41, 5.74) is 11.9. The number of aromatic nitrogens is 3.